The van der Waals surface area contributed by atoms with Crippen LogP contribution in [-0.4, -0.2) is 33.0 Å². The van der Waals surface area contributed by atoms with Crippen molar-refractivity contribution in [2.75, 3.05) is 20.7 Å². The molecule has 0 saturated heterocycles. The summed E-state index contributed by atoms with van der Waals surface area (Å²) in [5, 5.41) is 0. The molecule has 0 fully saturated rings. The number of hydrogen-bond donors (Lipinski definition) is 0. The van der Waals surface area contributed by atoms with Crippen LogP contribution in [0.2, 0.25) is 0 Å². The van der Waals surface area contributed by atoms with Gasteiger partial charge in [0.1, 0.15) is 0 Å². The second-order valence-electron chi connectivity index (χ2n) is 2.51. The Morgan fingerprint density at radius 3 is 2.67 bits per heavy atom. The topological polar surface area (TPSA) is 72.5 Å². The number of carbonyl (C=O) groups excluding carboxylic acids is 1. The normalized spacial score (nSPS) is 11.2. The van der Waals surface area contributed by atoms with Crippen LogP contribution < -0.4 is 0 Å². The van der Waals surface area contributed by atoms with Gasteiger partial charge in [-0.3, -0.25) is 0 Å². The maximum Gasteiger partial charge on any atom is 0.510 e. The first-order valence-corrected chi connectivity index (χ1v) is 4.96. The van der Waals surface area contributed by atoms with E-state index in [0.29, 0.717) is 0 Å². The molecular weight excluding hydrogens is 227 g/mol. The Balaban J connectivity index is 3.13. The maximum absolute atomic E-state index is 10.8. The molecule has 0 aromatic rings. The van der Waals surface area contributed by atoms with E-state index in [4.69, 9.17) is 4.52 Å². The zero-order chi connectivity index (χ0) is 11.5. The lowest BCUT2D eigenvalue weighted by molar-refractivity contribution is -0.255. The van der Waals surface area contributed by atoms with Gasteiger partial charge in [0.05, 0.1) is 6.10 Å². The van der Waals surface area contributed by atoms with Crippen molar-refractivity contribution < 1.29 is 33.1 Å². The number of ether oxygens (including phenoxy) is 3. The van der Waals surface area contributed by atoms with Crippen molar-refractivity contribution in [1.82, 2.24) is 0 Å². The number of methoxy groups -OCH3 is 1. The Labute approximate surface area is 89.8 Å². The summed E-state index contributed by atoms with van der Waals surface area (Å²) in [4.78, 5) is 15.2. The minimum Gasteiger partial charge on any atom is -0.432 e. The fourth-order valence-corrected chi connectivity index (χ4v) is 0.764. The number of carbonyl (C=O) groups is 1. The fourth-order valence-electron chi connectivity index (χ4n) is 0.454. The van der Waals surface area contributed by atoms with Crippen molar-refractivity contribution in [1.29, 1.82) is 0 Å². The van der Waals surface area contributed by atoms with Crippen LogP contribution in [0.15, 0.2) is 0 Å². The van der Waals surface area contributed by atoms with Gasteiger partial charge in [-0.1, -0.05) is 0 Å². The van der Waals surface area contributed by atoms with Gasteiger partial charge in [-0.05, 0) is 13.8 Å². The van der Waals surface area contributed by atoms with Crippen molar-refractivity contribution in [2.24, 2.45) is 0 Å². The van der Waals surface area contributed by atoms with Crippen molar-refractivity contribution >= 4 is 15.2 Å². The van der Waals surface area contributed by atoms with Crippen molar-refractivity contribution in [3.63, 3.8) is 0 Å². The first-order valence-electron chi connectivity index (χ1n) is 4.14. The standard InChI is InChI=1S/C7H15O7P/c1-6(2)13-7(8)10-5-11-14-15-12-4-9-3/h6,15H,4-5H2,1-3H3. The lowest BCUT2D eigenvalue weighted by atomic mass is 10.5. The highest BCUT2D eigenvalue weighted by atomic mass is 31.1. The third-order valence-electron chi connectivity index (χ3n) is 0.885. The molecule has 0 N–H and O–H groups in total. The molecule has 0 amide bonds. The monoisotopic (exact) mass is 242 g/mol. The van der Waals surface area contributed by atoms with Gasteiger partial charge in [-0.15, -0.1) is 0 Å². The molecular formula is C7H15O7P. The second kappa shape index (κ2) is 10.1. The van der Waals surface area contributed by atoms with E-state index < -0.39 is 6.16 Å². The Morgan fingerprint density at radius 2 is 2.07 bits per heavy atom. The molecule has 0 radical (unpaired) electrons. The molecule has 0 heterocycles. The Hall–Kier alpha value is -0.460. The molecule has 0 saturated carbocycles. The smallest absolute Gasteiger partial charge is 0.432 e. The summed E-state index contributed by atoms with van der Waals surface area (Å²) < 4.78 is 22.9. The van der Waals surface area contributed by atoms with Gasteiger partial charge < -0.3 is 18.7 Å². The van der Waals surface area contributed by atoms with Crippen molar-refractivity contribution in [3.8, 4) is 0 Å². The summed E-state index contributed by atoms with van der Waals surface area (Å²) in [5.41, 5.74) is 0. The third-order valence-corrected chi connectivity index (χ3v) is 1.31. The molecule has 7 nitrogen and oxygen atoms in total. The summed E-state index contributed by atoms with van der Waals surface area (Å²) in [6.45, 7) is 3.17. The van der Waals surface area contributed by atoms with Crippen LogP contribution in [0.25, 0.3) is 0 Å². The van der Waals surface area contributed by atoms with Gasteiger partial charge in [-0.25, -0.2) is 4.79 Å². The average Bonchev–Trinajstić information content (AvgIpc) is 2.15. The summed E-state index contributed by atoms with van der Waals surface area (Å²) >= 11 is 0. The molecule has 1 atom stereocenters. The first kappa shape index (κ1) is 14.5. The van der Waals surface area contributed by atoms with E-state index in [0.717, 1.165) is 0 Å². The molecule has 0 aliphatic rings. The summed E-state index contributed by atoms with van der Waals surface area (Å²) in [6, 6.07) is 0. The van der Waals surface area contributed by atoms with Crippen LogP contribution in [-0.2, 0) is 28.3 Å². The van der Waals surface area contributed by atoms with Crippen molar-refractivity contribution in [2.45, 2.75) is 20.0 Å². The molecule has 0 spiro atoms. The number of hydrogen-bond acceptors (Lipinski definition) is 7. The molecule has 8 heteroatoms. The average molecular weight is 242 g/mol. The molecule has 15 heavy (non-hydrogen) atoms. The maximum atomic E-state index is 10.8. The molecule has 0 aromatic heterocycles. The van der Waals surface area contributed by atoms with Gasteiger partial charge >= 0.3 is 6.16 Å². The van der Waals surface area contributed by atoms with Crippen LogP contribution in [0.4, 0.5) is 4.79 Å². The van der Waals surface area contributed by atoms with Crippen LogP contribution in [0.3, 0.4) is 0 Å². The van der Waals surface area contributed by atoms with Crippen LogP contribution in [0.5, 0.6) is 0 Å². The highest BCUT2D eigenvalue weighted by Gasteiger charge is 2.05. The highest BCUT2D eigenvalue weighted by Crippen LogP contribution is 2.13. The highest BCUT2D eigenvalue weighted by molar-refractivity contribution is 7.26. The van der Waals surface area contributed by atoms with E-state index in [1.165, 1.54) is 7.11 Å². The van der Waals surface area contributed by atoms with E-state index in [2.05, 4.69) is 23.8 Å². The van der Waals surface area contributed by atoms with Crippen LogP contribution in [0, 0.1) is 0 Å². The van der Waals surface area contributed by atoms with E-state index in [-0.39, 0.29) is 28.7 Å². The zero-order valence-electron chi connectivity index (χ0n) is 8.85. The minimum atomic E-state index is -0.810. The van der Waals surface area contributed by atoms with E-state index in [1.807, 2.05) is 0 Å². The van der Waals surface area contributed by atoms with Gasteiger partial charge in [-0.2, -0.15) is 9.56 Å². The van der Waals surface area contributed by atoms with Crippen LogP contribution >= 0.6 is 9.03 Å². The number of rotatable bonds is 8. The first-order chi connectivity index (χ1) is 7.16. The SMILES string of the molecule is COCOPOOCOC(=O)OC(C)C. The van der Waals surface area contributed by atoms with E-state index in [9.17, 15) is 4.79 Å². The second-order valence-corrected chi connectivity index (χ2v) is 3.14. The van der Waals surface area contributed by atoms with Crippen LogP contribution in [0.1, 0.15) is 13.8 Å². The molecule has 0 aliphatic carbocycles. The predicted molar refractivity (Wildman–Crippen MR) is 51.0 cm³/mol. The Morgan fingerprint density at radius 1 is 1.33 bits per heavy atom. The molecule has 0 rings (SSSR count). The Kier molecular flexibility index (Phi) is 9.76. The molecule has 0 aromatic carbocycles. The van der Waals surface area contributed by atoms with E-state index in [1.54, 1.807) is 13.8 Å². The van der Waals surface area contributed by atoms with Gasteiger partial charge in [0.15, 0.2) is 15.8 Å². The quantitative estimate of drug-likeness (QED) is 0.160. The Bertz CT molecular complexity index is 163. The summed E-state index contributed by atoms with van der Waals surface area (Å²) in [5.74, 6) is 0. The summed E-state index contributed by atoms with van der Waals surface area (Å²) in [7, 11) is 1.14. The van der Waals surface area contributed by atoms with Gasteiger partial charge in [0.25, 0.3) is 0 Å². The fraction of sp³-hybridized carbons (Fsp3) is 0.857. The van der Waals surface area contributed by atoms with E-state index >= 15 is 0 Å². The zero-order valence-corrected chi connectivity index (χ0v) is 9.85. The lowest BCUT2D eigenvalue weighted by Gasteiger charge is -2.08. The van der Waals surface area contributed by atoms with Crippen molar-refractivity contribution in [3.05, 3.63) is 0 Å². The molecule has 90 valence electrons. The lowest BCUT2D eigenvalue weighted by Crippen LogP contribution is -2.14. The molecule has 0 aliphatic heterocycles. The van der Waals surface area contributed by atoms with Gasteiger partial charge in [0.2, 0.25) is 6.79 Å². The third kappa shape index (κ3) is 11.5. The predicted octanol–water partition coefficient (Wildman–Crippen LogP) is 1.58. The van der Waals surface area contributed by atoms with Gasteiger partial charge in [0, 0.05) is 7.11 Å². The molecule has 1 unspecified atom stereocenters. The molecule has 0 bridgehead atoms. The minimum absolute atomic E-state index is 0.109. The summed E-state index contributed by atoms with van der Waals surface area (Å²) in [6.07, 6.45) is -1.04. The largest absolute Gasteiger partial charge is 0.510 e.